The molecule has 180 valence electrons. The standard InChI is InChI=1S/C24H48O6/c1-3-5-7-9-10-11-15-26-18-20-28-22-23-29-21-19-27-16-13-14-24(25)30-17-12-8-6-4-2/h3-23H2,1-2H3. The summed E-state index contributed by atoms with van der Waals surface area (Å²) in [6.45, 7) is 9.81. The van der Waals surface area contributed by atoms with Crippen LogP contribution in [0.3, 0.4) is 0 Å². The topological polar surface area (TPSA) is 63.2 Å². The van der Waals surface area contributed by atoms with Crippen LogP contribution in [-0.2, 0) is 28.5 Å². The highest BCUT2D eigenvalue weighted by molar-refractivity contribution is 5.69. The van der Waals surface area contributed by atoms with Gasteiger partial charge in [0.1, 0.15) is 0 Å². The Morgan fingerprint density at radius 3 is 1.43 bits per heavy atom. The van der Waals surface area contributed by atoms with Crippen LogP contribution in [0.4, 0.5) is 0 Å². The predicted molar refractivity (Wildman–Crippen MR) is 121 cm³/mol. The molecule has 30 heavy (non-hydrogen) atoms. The number of esters is 1. The molecule has 0 spiro atoms. The molecule has 0 amide bonds. The summed E-state index contributed by atoms with van der Waals surface area (Å²) >= 11 is 0. The number of carbonyl (C=O) groups excluding carboxylic acids is 1. The zero-order chi connectivity index (χ0) is 22.0. The van der Waals surface area contributed by atoms with Crippen LogP contribution in [0, 0.1) is 0 Å². The van der Waals surface area contributed by atoms with E-state index in [1.54, 1.807) is 0 Å². The first-order valence-electron chi connectivity index (χ1n) is 12.3. The van der Waals surface area contributed by atoms with Crippen LogP contribution in [0.25, 0.3) is 0 Å². The highest BCUT2D eigenvalue weighted by atomic mass is 16.6. The molecule has 0 aromatic rings. The smallest absolute Gasteiger partial charge is 0.305 e. The van der Waals surface area contributed by atoms with Crippen molar-refractivity contribution < 1.29 is 28.5 Å². The molecular weight excluding hydrogens is 384 g/mol. The first kappa shape index (κ1) is 29.3. The molecule has 0 unspecified atom stereocenters. The van der Waals surface area contributed by atoms with Crippen LogP contribution in [0.1, 0.15) is 90.9 Å². The average Bonchev–Trinajstić information content (AvgIpc) is 2.75. The monoisotopic (exact) mass is 432 g/mol. The molecule has 0 aromatic carbocycles. The van der Waals surface area contributed by atoms with Gasteiger partial charge in [-0.15, -0.1) is 0 Å². The Morgan fingerprint density at radius 2 is 0.867 bits per heavy atom. The van der Waals surface area contributed by atoms with E-state index in [0.29, 0.717) is 65.7 Å². The molecule has 0 saturated heterocycles. The number of rotatable bonds is 25. The van der Waals surface area contributed by atoms with Crippen LogP contribution in [-0.4, -0.2) is 65.4 Å². The van der Waals surface area contributed by atoms with Crippen molar-refractivity contribution in [3.8, 4) is 0 Å². The van der Waals surface area contributed by atoms with Gasteiger partial charge in [-0.1, -0.05) is 65.2 Å². The van der Waals surface area contributed by atoms with Gasteiger partial charge in [0.15, 0.2) is 0 Å². The lowest BCUT2D eigenvalue weighted by Crippen LogP contribution is -2.12. The van der Waals surface area contributed by atoms with E-state index in [1.165, 1.54) is 44.9 Å². The summed E-state index contributed by atoms with van der Waals surface area (Å²) in [6, 6.07) is 0. The first-order valence-corrected chi connectivity index (χ1v) is 12.3. The van der Waals surface area contributed by atoms with Gasteiger partial charge in [-0.25, -0.2) is 0 Å². The van der Waals surface area contributed by atoms with Gasteiger partial charge < -0.3 is 23.7 Å². The number of unbranched alkanes of at least 4 members (excludes halogenated alkanes) is 8. The van der Waals surface area contributed by atoms with E-state index < -0.39 is 0 Å². The van der Waals surface area contributed by atoms with Crippen molar-refractivity contribution in [3.05, 3.63) is 0 Å². The van der Waals surface area contributed by atoms with Crippen molar-refractivity contribution in [1.29, 1.82) is 0 Å². The normalized spacial score (nSPS) is 11.1. The third kappa shape index (κ3) is 25.3. The number of hydrogen-bond acceptors (Lipinski definition) is 6. The van der Waals surface area contributed by atoms with E-state index in [-0.39, 0.29) is 5.97 Å². The molecule has 0 fully saturated rings. The maximum Gasteiger partial charge on any atom is 0.305 e. The average molecular weight is 433 g/mol. The Bertz CT molecular complexity index is 338. The van der Waals surface area contributed by atoms with Crippen molar-refractivity contribution in [1.82, 2.24) is 0 Å². The second-order valence-corrected chi connectivity index (χ2v) is 7.60. The van der Waals surface area contributed by atoms with Gasteiger partial charge in [-0.3, -0.25) is 4.79 Å². The van der Waals surface area contributed by atoms with Gasteiger partial charge in [0.05, 0.1) is 46.2 Å². The van der Waals surface area contributed by atoms with E-state index in [4.69, 9.17) is 23.7 Å². The number of carbonyl (C=O) groups is 1. The minimum Gasteiger partial charge on any atom is -0.466 e. The zero-order valence-corrected chi connectivity index (χ0v) is 19.8. The molecule has 0 aliphatic heterocycles. The third-order valence-electron chi connectivity index (χ3n) is 4.69. The maximum atomic E-state index is 11.5. The minimum absolute atomic E-state index is 0.126. The van der Waals surface area contributed by atoms with E-state index in [9.17, 15) is 4.79 Å². The lowest BCUT2D eigenvalue weighted by atomic mass is 10.1. The zero-order valence-electron chi connectivity index (χ0n) is 19.8. The summed E-state index contributed by atoms with van der Waals surface area (Å²) < 4.78 is 27.1. The quantitative estimate of drug-likeness (QED) is 0.144. The van der Waals surface area contributed by atoms with E-state index in [0.717, 1.165) is 25.9 Å². The molecule has 0 saturated carbocycles. The molecule has 0 aliphatic rings. The summed E-state index contributed by atoms with van der Waals surface area (Å²) in [4.78, 5) is 11.5. The summed E-state index contributed by atoms with van der Waals surface area (Å²) in [5.41, 5.74) is 0. The molecule has 0 N–H and O–H groups in total. The van der Waals surface area contributed by atoms with E-state index >= 15 is 0 Å². The molecular formula is C24H48O6. The number of hydrogen-bond donors (Lipinski definition) is 0. The lowest BCUT2D eigenvalue weighted by Gasteiger charge is -2.08. The van der Waals surface area contributed by atoms with Gasteiger partial charge in [0.2, 0.25) is 0 Å². The van der Waals surface area contributed by atoms with Crippen LogP contribution >= 0.6 is 0 Å². The Morgan fingerprint density at radius 1 is 0.467 bits per heavy atom. The minimum atomic E-state index is -0.126. The SMILES string of the molecule is CCCCCCCCOCCOCCOCCOCCCC(=O)OCCCCCC. The van der Waals surface area contributed by atoms with E-state index in [1.807, 2.05) is 0 Å². The van der Waals surface area contributed by atoms with Gasteiger partial charge in [-0.05, 0) is 19.3 Å². The molecule has 0 radical (unpaired) electrons. The second-order valence-electron chi connectivity index (χ2n) is 7.60. The Labute approximate surface area is 185 Å². The Kier molecular flexibility index (Phi) is 25.7. The first-order chi connectivity index (χ1) is 14.8. The van der Waals surface area contributed by atoms with Crippen molar-refractivity contribution in [2.24, 2.45) is 0 Å². The summed E-state index contributed by atoms with van der Waals surface area (Å²) in [7, 11) is 0. The maximum absolute atomic E-state index is 11.5. The molecule has 0 rings (SSSR count). The molecule has 0 aromatic heterocycles. The van der Waals surface area contributed by atoms with Crippen molar-refractivity contribution in [3.63, 3.8) is 0 Å². The Balaban J connectivity index is 3.08. The largest absolute Gasteiger partial charge is 0.466 e. The lowest BCUT2D eigenvalue weighted by molar-refractivity contribution is -0.144. The number of ether oxygens (including phenoxy) is 5. The molecule has 0 atom stereocenters. The van der Waals surface area contributed by atoms with Gasteiger partial charge in [0.25, 0.3) is 0 Å². The summed E-state index contributed by atoms with van der Waals surface area (Å²) in [6.07, 6.45) is 13.3. The highest BCUT2D eigenvalue weighted by Gasteiger charge is 2.02. The van der Waals surface area contributed by atoms with Crippen LogP contribution in [0.15, 0.2) is 0 Å². The van der Waals surface area contributed by atoms with Crippen LogP contribution in [0.2, 0.25) is 0 Å². The predicted octanol–water partition coefficient (Wildman–Crippen LogP) is 5.32. The van der Waals surface area contributed by atoms with Crippen molar-refractivity contribution in [2.75, 3.05) is 59.5 Å². The molecule has 6 nitrogen and oxygen atoms in total. The molecule has 0 heterocycles. The van der Waals surface area contributed by atoms with Crippen LogP contribution < -0.4 is 0 Å². The second kappa shape index (κ2) is 26.3. The third-order valence-corrected chi connectivity index (χ3v) is 4.69. The molecule has 0 aliphatic carbocycles. The van der Waals surface area contributed by atoms with Gasteiger partial charge in [0, 0.05) is 19.6 Å². The van der Waals surface area contributed by atoms with Gasteiger partial charge >= 0.3 is 5.97 Å². The van der Waals surface area contributed by atoms with Gasteiger partial charge in [-0.2, -0.15) is 0 Å². The fraction of sp³-hybridized carbons (Fsp3) is 0.958. The fourth-order valence-corrected chi connectivity index (χ4v) is 2.85. The molecule has 6 heteroatoms. The van der Waals surface area contributed by atoms with Crippen molar-refractivity contribution >= 4 is 5.97 Å². The molecule has 0 bridgehead atoms. The summed E-state index contributed by atoms with van der Waals surface area (Å²) in [5.74, 6) is -0.126. The van der Waals surface area contributed by atoms with Crippen LogP contribution in [0.5, 0.6) is 0 Å². The highest BCUT2D eigenvalue weighted by Crippen LogP contribution is 2.04. The Hall–Kier alpha value is -0.690. The van der Waals surface area contributed by atoms with E-state index in [2.05, 4.69) is 13.8 Å². The summed E-state index contributed by atoms with van der Waals surface area (Å²) in [5, 5.41) is 0. The fourth-order valence-electron chi connectivity index (χ4n) is 2.85. The van der Waals surface area contributed by atoms with Crippen molar-refractivity contribution in [2.45, 2.75) is 90.9 Å².